The van der Waals surface area contributed by atoms with Gasteiger partial charge in [0.1, 0.15) is 5.03 Å². The van der Waals surface area contributed by atoms with Crippen LogP contribution in [-0.2, 0) is 4.79 Å². The maximum Gasteiger partial charge on any atom is 0.338 e. The molecule has 0 aromatic carbocycles. The summed E-state index contributed by atoms with van der Waals surface area (Å²) in [6.45, 7) is 0. The number of aromatic nitrogens is 1. The number of aromatic carboxylic acids is 1. The molecule has 6 heteroatoms. The van der Waals surface area contributed by atoms with Crippen LogP contribution in [0.4, 0.5) is 0 Å². The lowest BCUT2D eigenvalue weighted by atomic mass is 10.3. The van der Waals surface area contributed by atoms with Crippen LogP contribution < -0.4 is 5.32 Å². The Morgan fingerprint density at radius 2 is 2.33 bits per heavy atom. The molecule has 0 unspecified atom stereocenters. The van der Waals surface area contributed by atoms with Crippen LogP contribution in [0, 0.1) is 0 Å². The second kappa shape index (κ2) is 5.35. The third-order valence-corrected chi connectivity index (χ3v) is 2.63. The van der Waals surface area contributed by atoms with E-state index >= 15 is 0 Å². The first kappa shape index (κ1) is 11.5. The maximum absolute atomic E-state index is 11.0. The summed E-state index contributed by atoms with van der Waals surface area (Å²) in [6.07, 6.45) is 1.50. The van der Waals surface area contributed by atoms with Crippen molar-refractivity contribution in [3.63, 3.8) is 0 Å². The molecule has 1 aromatic heterocycles. The maximum atomic E-state index is 11.0. The topological polar surface area (TPSA) is 79.3 Å². The van der Waals surface area contributed by atoms with Crippen LogP contribution in [-0.4, -0.2) is 34.8 Å². The summed E-state index contributed by atoms with van der Waals surface area (Å²) in [6, 6.07) is 3.01. The first-order valence-electron chi connectivity index (χ1n) is 4.17. The lowest BCUT2D eigenvalue weighted by Gasteiger charge is -2.03. The van der Waals surface area contributed by atoms with Crippen molar-refractivity contribution in [2.75, 3.05) is 12.8 Å². The number of carbonyl (C=O) groups excluding carboxylic acids is 1. The fourth-order valence-corrected chi connectivity index (χ4v) is 1.73. The Bertz CT molecular complexity index is 381. The average molecular weight is 226 g/mol. The van der Waals surface area contributed by atoms with E-state index in [1.54, 1.807) is 6.07 Å². The minimum absolute atomic E-state index is 0.117. The number of pyridine rings is 1. The number of rotatable bonds is 4. The number of nitrogens with zero attached hydrogens (tertiary/aromatic N) is 1. The predicted octanol–water partition coefficient (Wildman–Crippen LogP) is 0.618. The highest BCUT2D eigenvalue weighted by Gasteiger charge is 2.11. The van der Waals surface area contributed by atoms with Crippen molar-refractivity contribution >= 4 is 23.6 Å². The summed E-state index contributed by atoms with van der Waals surface area (Å²) in [5.74, 6) is -1.04. The van der Waals surface area contributed by atoms with Gasteiger partial charge in [0.05, 0.1) is 11.3 Å². The van der Waals surface area contributed by atoms with Crippen molar-refractivity contribution in [1.82, 2.24) is 10.3 Å². The second-order valence-corrected chi connectivity index (χ2v) is 3.59. The van der Waals surface area contributed by atoms with Crippen LogP contribution in [0.5, 0.6) is 0 Å². The number of amides is 1. The molecule has 0 fully saturated rings. The van der Waals surface area contributed by atoms with Crippen molar-refractivity contribution in [3.8, 4) is 0 Å². The number of carbonyl (C=O) groups is 2. The second-order valence-electron chi connectivity index (χ2n) is 2.62. The van der Waals surface area contributed by atoms with Crippen molar-refractivity contribution < 1.29 is 14.7 Å². The highest BCUT2D eigenvalue weighted by molar-refractivity contribution is 8.00. The normalized spacial score (nSPS) is 9.67. The molecule has 0 aliphatic carbocycles. The molecule has 0 radical (unpaired) electrons. The predicted molar refractivity (Wildman–Crippen MR) is 56.0 cm³/mol. The summed E-state index contributed by atoms with van der Waals surface area (Å²) in [5.41, 5.74) is 0.117. The summed E-state index contributed by atoms with van der Waals surface area (Å²) in [4.78, 5) is 25.6. The Morgan fingerprint density at radius 1 is 1.60 bits per heavy atom. The van der Waals surface area contributed by atoms with Gasteiger partial charge >= 0.3 is 5.97 Å². The smallest absolute Gasteiger partial charge is 0.338 e. The van der Waals surface area contributed by atoms with Gasteiger partial charge in [-0.1, -0.05) is 11.8 Å². The molecule has 0 aliphatic heterocycles. The van der Waals surface area contributed by atoms with Gasteiger partial charge in [-0.3, -0.25) is 4.79 Å². The Hall–Kier alpha value is -1.56. The molecular weight excluding hydrogens is 216 g/mol. The molecule has 15 heavy (non-hydrogen) atoms. The Balaban J connectivity index is 2.76. The molecule has 0 aliphatic rings. The third-order valence-electron chi connectivity index (χ3n) is 1.62. The number of hydrogen-bond acceptors (Lipinski definition) is 4. The van der Waals surface area contributed by atoms with Gasteiger partial charge in [-0.2, -0.15) is 0 Å². The van der Waals surface area contributed by atoms with Crippen LogP contribution in [0.2, 0.25) is 0 Å². The zero-order valence-electron chi connectivity index (χ0n) is 8.06. The van der Waals surface area contributed by atoms with E-state index in [1.807, 2.05) is 0 Å². The number of carboxylic acids is 1. The van der Waals surface area contributed by atoms with Gasteiger partial charge in [0.2, 0.25) is 5.91 Å². The molecule has 1 rings (SSSR count). The summed E-state index contributed by atoms with van der Waals surface area (Å²) in [7, 11) is 1.53. The van der Waals surface area contributed by atoms with E-state index in [4.69, 9.17) is 5.11 Å². The first-order valence-corrected chi connectivity index (χ1v) is 5.15. The number of thioether (sulfide) groups is 1. The zero-order chi connectivity index (χ0) is 11.3. The average Bonchev–Trinajstić information content (AvgIpc) is 2.26. The van der Waals surface area contributed by atoms with Gasteiger partial charge < -0.3 is 10.4 Å². The first-order chi connectivity index (χ1) is 7.15. The minimum atomic E-state index is -1.04. The van der Waals surface area contributed by atoms with E-state index in [0.29, 0.717) is 5.03 Å². The van der Waals surface area contributed by atoms with Gasteiger partial charge in [0.15, 0.2) is 0 Å². The van der Waals surface area contributed by atoms with Gasteiger partial charge in [-0.15, -0.1) is 0 Å². The zero-order valence-corrected chi connectivity index (χ0v) is 8.87. The van der Waals surface area contributed by atoms with Crippen molar-refractivity contribution in [2.45, 2.75) is 5.03 Å². The summed E-state index contributed by atoms with van der Waals surface area (Å²) >= 11 is 1.10. The Labute approximate surface area is 90.9 Å². The lowest BCUT2D eigenvalue weighted by Crippen LogP contribution is -2.20. The Kier molecular flexibility index (Phi) is 4.11. The molecule has 5 nitrogen and oxygen atoms in total. The fourth-order valence-electron chi connectivity index (χ4n) is 0.875. The molecular formula is C9H10N2O3S. The van der Waals surface area contributed by atoms with E-state index in [0.717, 1.165) is 11.8 Å². The minimum Gasteiger partial charge on any atom is -0.478 e. The molecule has 0 atom stereocenters. The standard InChI is InChI=1S/C9H10N2O3S/c1-10-7(12)5-15-8-6(9(13)14)3-2-4-11-8/h2-4H,5H2,1H3,(H,10,12)(H,13,14). The molecule has 0 saturated heterocycles. The van der Waals surface area contributed by atoms with Crippen molar-refractivity contribution in [1.29, 1.82) is 0 Å². The quantitative estimate of drug-likeness (QED) is 0.736. The monoisotopic (exact) mass is 226 g/mol. The van der Waals surface area contributed by atoms with Crippen LogP contribution in [0.15, 0.2) is 23.4 Å². The fraction of sp³-hybridized carbons (Fsp3) is 0.222. The van der Waals surface area contributed by atoms with Gasteiger partial charge in [-0.05, 0) is 12.1 Å². The lowest BCUT2D eigenvalue weighted by molar-refractivity contribution is -0.118. The molecule has 0 spiro atoms. The van der Waals surface area contributed by atoms with Gasteiger partial charge in [-0.25, -0.2) is 9.78 Å². The highest BCUT2D eigenvalue weighted by Crippen LogP contribution is 2.19. The number of hydrogen-bond donors (Lipinski definition) is 2. The van der Waals surface area contributed by atoms with Crippen molar-refractivity contribution in [3.05, 3.63) is 23.9 Å². The molecule has 80 valence electrons. The summed E-state index contributed by atoms with van der Waals surface area (Å²) < 4.78 is 0. The van der Waals surface area contributed by atoms with Crippen LogP contribution in [0.1, 0.15) is 10.4 Å². The number of carboxylic acid groups (broad SMARTS) is 1. The van der Waals surface area contributed by atoms with E-state index in [1.165, 1.54) is 19.3 Å². The van der Waals surface area contributed by atoms with Crippen molar-refractivity contribution in [2.24, 2.45) is 0 Å². The largest absolute Gasteiger partial charge is 0.478 e. The SMILES string of the molecule is CNC(=O)CSc1ncccc1C(=O)O. The van der Waals surface area contributed by atoms with Crippen LogP contribution >= 0.6 is 11.8 Å². The highest BCUT2D eigenvalue weighted by atomic mass is 32.2. The van der Waals surface area contributed by atoms with E-state index < -0.39 is 5.97 Å². The van der Waals surface area contributed by atoms with E-state index in [-0.39, 0.29) is 17.2 Å². The molecule has 1 heterocycles. The number of nitrogens with one attached hydrogen (secondary N) is 1. The van der Waals surface area contributed by atoms with Crippen LogP contribution in [0.25, 0.3) is 0 Å². The molecule has 1 amide bonds. The molecule has 0 saturated carbocycles. The van der Waals surface area contributed by atoms with Gasteiger partial charge in [0, 0.05) is 13.2 Å². The Morgan fingerprint density at radius 3 is 2.93 bits per heavy atom. The van der Waals surface area contributed by atoms with E-state index in [9.17, 15) is 9.59 Å². The molecule has 2 N–H and O–H groups in total. The summed E-state index contributed by atoms with van der Waals surface area (Å²) in [5, 5.41) is 11.6. The van der Waals surface area contributed by atoms with Crippen LogP contribution in [0.3, 0.4) is 0 Å². The molecule has 0 bridgehead atoms. The molecule has 1 aromatic rings. The van der Waals surface area contributed by atoms with Gasteiger partial charge in [0.25, 0.3) is 0 Å². The third kappa shape index (κ3) is 3.25. The van der Waals surface area contributed by atoms with E-state index in [2.05, 4.69) is 10.3 Å².